The topological polar surface area (TPSA) is 38.3 Å². The lowest BCUT2D eigenvalue weighted by molar-refractivity contribution is 0.102. The molecule has 0 aliphatic rings. The lowest BCUT2D eigenvalue weighted by Gasteiger charge is -2.12. The van der Waals surface area contributed by atoms with Gasteiger partial charge in [-0.05, 0) is 35.9 Å². The van der Waals surface area contributed by atoms with Crippen molar-refractivity contribution in [3.8, 4) is 16.9 Å². The van der Waals surface area contributed by atoms with Crippen molar-refractivity contribution in [2.24, 2.45) is 0 Å². The minimum Gasteiger partial charge on any atom is -0.496 e. The molecule has 0 aliphatic carbocycles. The van der Waals surface area contributed by atoms with Gasteiger partial charge in [0.25, 0.3) is 5.91 Å². The van der Waals surface area contributed by atoms with Crippen LogP contribution in [-0.4, -0.2) is 13.0 Å². The number of benzene rings is 3. The van der Waals surface area contributed by atoms with E-state index < -0.39 is 0 Å². The summed E-state index contributed by atoms with van der Waals surface area (Å²) in [5.41, 5.74) is 3.35. The number of carbonyl (C=O) groups is 1. The van der Waals surface area contributed by atoms with Gasteiger partial charge < -0.3 is 10.1 Å². The molecule has 3 rings (SSSR count). The first kappa shape index (κ1) is 14.9. The minimum absolute atomic E-state index is 0.130. The number of carbonyl (C=O) groups excluding carboxylic acids is 1. The zero-order chi connectivity index (χ0) is 16.1. The Kier molecular flexibility index (Phi) is 4.39. The molecule has 0 fully saturated rings. The van der Waals surface area contributed by atoms with Gasteiger partial charge in [0.15, 0.2) is 0 Å². The number of methoxy groups -OCH3 is 1. The summed E-state index contributed by atoms with van der Waals surface area (Å²) < 4.78 is 5.43. The van der Waals surface area contributed by atoms with Gasteiger partial charge in [-0.3, -0.25) is 4.79 Å². The van der Waals surface area contributed by atoms with Crippen molar-refractivity contribution in [3.05, 3.63) is 84.4 Å². The third kappa shape index (κ3) is 3.40. The Morgan fingerprint density at radius 3 is 2.17 bits per heavy atom. The molecule has 0 heterocycles. The molecule has 3 nitrogen and oxygen atoms in total. The number of hydrogen-bond acceptors (Lipinski definition) is 2. The van der Waals surface area contributed by atoms with Crippen LogP contribution in [0.2, 0.25) is 0 Å². The van der Waals surface area contributed by atoms with E-state index in [1.807, 2.05) is 66.7 Å². The normalized spacial score (nSPS) is 10.1. The summed E-state index contributed by atoms with van der Waals surface area (Å²) in [5, 5.41) is 2.93. The molecule has 3 aromatic rings. The summed E-state index contributed by atoms with van der Waals surface area (Å²) in [6.07, 6.45) is 0. The second-order valence-electron chi connectivity index (χ2n) is 5.10. The lowest BCUT2D eigenvalue weighted by atomic mass is 10.0. The van der Waals surface area contributed by atoms with Crippen LogP contribution in [0.15, 0.2) is 78.9 Å². The number of rotatable bonds is 4. The first-order chi connectivity index (χ1) is 11.3. The Bertz CT molecular complexity index is 798. The number of amides is 1. The second kappa shape index (κ2) is 6.79. The second-order valence-corrected chi connectivity index (χ2v) is 5.10. The van der Waals surface area contributed by atoms with E-state index >= 15 is 0 Å². The van der Waals surface area contributed by atoms with Crippen molar-refractivity contribution in [3.63, 3.8) is 0 Å². The van der Waals surface area contributed by atoms with Crippen LogP contribution in [0, 0.1) is 0 Å². The standard InChI is InChI=1S/C20H17NO2/c1-23-19-13-12-17(14-18(19)15-8-4-2-5-9-15)21-20(22)16-10-6-3-7-11-16/h2-14H,1H3,(H,21,22). The summed E-state index contributed by atoms with van der Waals surface area (Å²) in [6.45, 7) is 0. The van der Waals surface area contributed by atoms with E-state index in [0.717, 1.165) is 22.6 Å². The zero-order valence-corrected chi connectivity index (χ0v) is 12.8. The summed E-state index contributed by atoms with van der Waals surface area (Å²) in [5.74, 6) is 0.642. The maximum Gasteiger partial charge on any atom is 0.255 e. The molecular weight excluding hydrogens is 286 g/mol. The molecule has 0 aromatic heterocycles. The third-order valence-corrected chi connectivity index (χ3v) is 3.58. The highest BCUT2D eigenvalue weighted by Gasteiger charge is 2.10. The van der Waals surface area contributed by atoms with Gasteiger partial charge in [-0.25, -0.2) is 0 Å². The monoisotopic (exact) mass is 303 g/mol. The van der Waals surface area contributed by atoms with Crippen LogP contribution in [0.25, 0.3) is 11.1 Å². The highest BCUT2D eigenvalue weighted by atomic mass is 16.5. The van der Waals surface area contributed by atoms with Crippen LogP contribution in [0.4, 0.5) is 5.69 Å². The molecule has 0 saturated heterocycles. The minimum atomic E-state index is -0.130. The van der Waals surface area contributed by atoms with Crippen LogP contribution >= 0.6 is 0 Å². The van der Waals surface area contributed by atoms with E-state index in [1.54, 1.807) is 19.2 Å². The molecule has 0 spiro atoms. The SMILES string of the molecule is COc1ccc(NC(=O)c2ccccc2)cc1-c1ccccc1. The molecular formula is C20H17NO2. The van der Waals surface area contributed by atoms with Crippen molar-refractivity contribution in [2.75, 3.05) is 12.4 Å². The Morgan fingerprint density at radius 2 is 1.52 bits per heavy atom. The van der Waals surface area contributed by atoms with E-state index in [2.05, 4.69) is 5.32 Å². The van der Waals surface area contributed by atoms with E-state index in [9.17, 15) is 4.79 Å². The van der Waals surface area contributed by atoms with Crippen LogP contribution < -0.4 is 10.1 Å². The predicted octanol–water partition coefficient (Wildman–Crippen LogP) is 4.61. The number of hydrogen-bond donors (Lipinski definition) is 1. The molecule has 3 heteroatoms. The van der Waals surface area contributed by atoms with Gasteiger partial charge in [0.05, 0.1) is 7.11 Å². The first-order valence-electron chi connectivity index (χ1n) is 7.38. The summed E-state index contributed by atoms with van der Waals surface area (Å²) in [4.78, 5) is 12.3. The maximum absolute atomic E-state index is 12.3. The predicted molar refractivity (Wildman–Crippen MR) is 92.8 cm³/mol. The van der Waals surface area contributed by atoms with Gasteiger partial charge in [0.1, 0.15) is 5.75 Å². The molecule has 114 valence electrons. The maximum atomic E-state index is 12.3. The molecule has 0 atom stereocenters. The zero-order valence-electron chi connectivity index (χ0n) is 12.8. The fourth-order valence-electron chi connectivity index (χ4n) is 2.42. The van der Waals surface area contributed by atoms with Crippen molar-refractivity contribution >= 4 is 11.6 Å². The van der Waals surface area contributed by atoms with Crippen molar-refractivity contribution in [1.29, 1.82) is 0 Å². The van der Waals surface area contributed by atoms with Gasteiger partial charge in [-0.15, -0.1) is 0 Å². The summed E-state index contributed by atoms with van der Waals surface area (Å²) in [7, 11) is 1.64. The number of ether oxygens (including phenoxy) is 1. The van der Waals surface area contributed by atoms with Gasteiger partial charge in [-0.1, -0.05) is 48.5 Å². The Hall–Kier alpha value is -3.07. The van der Waals surface area contributed by atoms with E-state index in [1.165, 1.54) is 0 Å². The van der Waals surface area contributed by atoms with E-state index in [4.69, 9.17) is 4.74 Å². The smallest absolute Gasteiger partial charge is 0.255 e. The summed E-state index contributed by atoms with van der Waals surface area (Å²) >= 11 is 0. The quantitative estimate of drug-likeness (QED) is 0.764. The Balaban J connectivity index is 1.91. The molecule has 23 heavy (non-hydrogen) atoms. The van der Waals surface area contributed by atoms with E-state index in [0.29, 0.717) is 5.56 Å². The number of anilines is 1. The van der Waals surface area contributed by atoms with Crippen LogP contribution in [0.3, 0.4) is 0 Å². The van der Waals surface area contributed by atoms with Gasteiger partial charge in [0.2, 0.25) is 0 Å². The van der Waals surface area contributed by atoms with Crippen molar-refractivity contribution in [1.82, 2.24) is 0 Å². The van der Waals surface area contributed by atoms with Gasteiger partial charge in [-0.2, -0.15) is 0 Å². The Morgan fingerprint density at radius 1 is 0.870 bits per heavy atom. The van der Waals surface area contributed by atoms with Crippen LogP contribution in [-0.2, 0) is 0 Å². The molecule has 0 radical (unpaired) electrons. The molecule has 1 amide bonds. The largest absolute Gasteiger partial charge is 0.496 e. The first-order valence-corrected chi connectivity index (χ1v) is 7.38. The third-order valence-electron chi connectivity index (χ3n) is 3.58. The lowest BCUT2D eigenvalue weighted by Crippen LogP contribution is -2.11. The molecule has 0 bridgehead atoms. The summed E-state index contributed by atoms with van der Waals surface area (Å²) in [6, 6.07) is 24.7. The van der Waals surface area contributed by atoms with Crippen LogP contribution in [0.5, 0.6) is 5.75 Å². The fraction of sp³-hybridized carbons (Fsp3) is 0.0500. The van der Waals surface area contributed by atoms with E-state index in [-0.39, 0.29) is 5.91 Å². The molecule has 3 aromatic carbocycles. The van der Waals surface area contributed by atoms with Gasteiger partial charge >= 0.3 is 0 Å². The average Bonchev–Trinajstić information content (AvgIpc) is 2.63. The van der Waals surface area contributed by atoms with Crippen LogP contribution in [0.1, 0.15) is 10.4 Å². The highest BCUT2D eigenvalue weighted by Crippen LogP contribution is 2.32. The molecule has 1 N–H and O–H groups in total. The van der Waals surface area contributed by atoms with Crippen molar-refractivity contribution in [2.45, 2.75) is 0 Å². The molecule has 0 aliphatic heterocycles. The fourth-order valence-corrected chi connectivity index (χ4v) is 2.42. The molecule has 0 saturated carbocycles. The van der Waals surface area contributed by atoms with Crippen molar-refractivity contribution < 1.29 is 9.53 Å². The Labute approximate surface area is 135 Å². The van der Waals surface area contributed by atoms with Gasteiger partial charge in [0, 0.05) is 16.8 Å². The number of nitrogens with one attached hydrogen (secondary N) is 1. The molecule has 0 unspecified atom stereocenters. The average molecular weight is 303 g/mol. The highest BCUT2D eigenvalue weighted by molar-refractivity contribution is 6.04.